The minimum absolute atomic E-state index is 0.281. The molecule has 0 radical (unpaired) electrons. The molecule has 0 amide bonds. The molecule has 0 atom stereocenters. The van der Waals surface area contributed by atoms with E-state index in [2.05, 4.69) is 51.5 Å². The molecule has 0 spiro atoms. The second-order valence-electron chi connectivity index (χ2n) is 7.87. The van der Waals surface area contributed by atoms with E-state index in [1.165, 1.54) is 0 Å². The first-order valence-corrected chi connectivity index (χ1v) is 10.2. The first-order chi connectivity index (χ1) is 15.0. The number of nitrogens with two attached hydrogens (primary N) is 1. The van der Waals surface area contributed by atoms with Crippen molar-refractivity contribution in [1.29, 1.82) is 0 Å². The highest BCUT2D eigenvalue weighted by Crippen LogP contribution is 2.37. The zero-order valence-corrected chi connectivity index (χ0v) is 17.7. The molecule has 0 saturated carbocycles. The summed E-state index contributed by atoms with van der Waals surface area (Å²) in [7, 11) is 0. The molecule has 0 saturated heterocycles. The first-order valence-electron chi connectivity index (χ1n) is 10.2. The summed E-state index contributed by atoms with van der Waals surface area (Å²) >= 11 is 0. The number of fused-ring (bicyclic) bond motifs is 2. The quantitative estimate of drug-likeness (QED) is 0.429. The van der Waals surface area contributed by atoms with E-state index in [0.29, 0.717) is 24.1 Å². The van der Waals surface area contributed by atoms with Crippen molar-refractivity contribution in [3.05, 3.63) is 42.5 Å². The summed E-state index contributed by atoms with van der Waals surface area (Å²) in [4.78, 5) is 13.6. The lowest BCUT2D eigenvalue weighted by Crippen LogP contribution is -2.20. The molecule has 1 aliphatic rings. The second-order valence-corrected chi connectivity index (χ2v) is 7.87. The molecule has 9 heteroatoms. The van der Waals surface area contributed by atoms with Gasteiger partial charge in [-0.15, -0.1) is 0 Å². The van der Waals surface area contributed by atoms with E-state index in [9.17, 15) is 0 Å². The number of benzene rings is 1. The largest absolute Gasteiger partial charge is 0.474 e. The molecule has 0 unspecified atom stereocenters. The van der Waals surface area contributed by atoms with Crippen molar-refractivity contribution < 1.29 is 4.74 Å². The smallest absolute Gasteiger partial charge is 0.237 e. The van der Waals surface area contributed by atoms with Gasteiger partial charge in [-0.2, -0.15) is 5.10 Å². The number of nitrogen functional groups attached to an aromatic ring is 1. The molecule has 1 aliphatic heterocycles. The SMILES string of the molecule is Cc1c(-c2cc(N)c3cnc(Nc4cnn(C(C)C)c4)nc3c2)cnc2c1NCCO2. The Morgan fingerprint density at radius 1 is 1.19 bits per heavy atom. The molecule has 4 heterocycles. The van der Waals surface area contributed by atoms with Crippen molar-refractivity contribution in [3.8, 4) is 17.0 Å². The first kappa shape index (κ1) is 19.1. The molecule has 3 aromatic heterocycles. The molecule has 0 fully saturated rings. The highest BCUT2D eigenvalue weighted by Gasteiger charge is 2.18. The Balaban J connectivity index is 1.53. The molecule has 5 rings (SSSR count). The average Bonchev–Trinajstić information content (AvgIpc) is 3.23. The molecule has 0 bridgehead atoms. The Hall–Kier alpha value is -3.88. The molecular formula is C22H24N8O. The number of ether oxygens (including phenoxy) is 1. The Kier molecular flexibility index (Phi) is 4.58. The van der Waals surface area contributed by atoms with Crippen LogP contribution >= 0.6 is 0 Å². The number of aromatic nitrogens is 5. The standard InChI is InChI=1S/C22H24N8O/c1-12(2)30-11-15(8-27-30)28-22-26-10-17-18(23)6-14(7-19(17)29-22)16-9-25-21-20(13(16)3)24-4-5-31-21/h6-12,24H,4-5,23H2,1-3H3,(H,26,28,29). The number of anilines is 4. The minimum atomic E-state index is 0.281. The molecule has 31 heavy (non-hydrogen) atoms. The van der Waals surface area contributed by atoms with Crippen molar-refractivity contribution in [1.82, 2.24) is 24.7 Å². The van der Waals surface area contributed by atoms with Crippen molar-refractivity contribution in [3.63, 3.8) is 0 Å². The van der Waals surface area contributed by atoms with Crippen molar-refractivity contribution in [2.45, 2.75) is 26.8 Å². The molecule has 4 aromatic rings. The van der Waals surface area contributed by atoms with E-state index in [1.807, 2.05) is 29.2 Å². The lowest BCUT2D eigenvalue weighted by Gasteiger charge is -2.21. The van der Waals surface area contributed by atoms with Crippen LogP contribution in [0.3, 0.4) is 0 Å². The van der Waals surface area contributed by atoms with Crippen LogP contribution in [0.15, 0.2) is 36.9 Å². The van der Waals surface area contributed by atoms with Gasteiger partial charge in [0, 0.05) is 47.8 Å². The normalized spacial score (nSPS) is 13.0. The zero-order chi connectivity index (χ0) is 21.5. The molecular weight excluding hydrogens is 392 g/mol. The Morgan fingerprint density at radius 2 is 2.06 bits per heavy atom. The van der Waals surface area contributed by atoms with E-state index >= 15 is 0 Å². The predicted molar refractivity (Wildman–Crippen MR) is 122 cm³/mol. The van der Waals surface area contributed by atoms with Crippen LogP contribution in [-0.4, -0.2) is 37.9 Å². The van der Waals surface area contributed by atoms with E-state index in [1.54, 1.807) is 12.4 Å². The van der Waals surface area contributed by atoms with Gasteiger partial charge in [0.1, 0.15) is 12.3 Å². The third kappa shape index (κ3) is 3.48. The van der Waals surface area contributed by atoms with Crippen LogP contribution in [0.4, 0.5) is 23.0 Å². The summed E-state index contributed by atoms with van der Waals surface area (Å²) in [5, 5.41) is 11.7. The fourth-order valence-corrected chi connectivity index (χ4v) is 3.70. The van der Waals surface area contributed by atoms with Gasteiger partial charge in [-0.25, -0.2) is 15.0 Å². The van der Waals surface area contributed by atoms with Crippen LogP contribution in [0.5, 0.6) is 5.88 Å². The van der Waals surface area contributed by atoms with Crippen molar-refractivity contribution in [2.24, 2.45) is 0 Å². The van der Waals surface area contributed by atoms with Crippen molar-refractivity contribution in [2.75, 3.05) is 29.5 Å². The maximum atomic E-state index is 6.35. The fourth-order valence-electron chi connectivity index (χ4n) is 3.70. The molecule has 0 aliphatic carbocycles. The summed E-state index contributed by atoms with van der Waals surface area (Å²) in [6.07, 6.45) is 7.25. The number of hydrogen-bond donors (Lipinski definition) is 3. The van der Waals surface area contributed by atoms with Gasteiger partial charge in [-0.1, -0.05) is 0 Å². The summed E-state index contributed by atoms with van der Waals surface area (Å²) in [5.41, 5.74) is 12.5. The minimum Gasteiger partial charge on any atom is -0.474 e. The Labute approximate surface area is 179 Å². The number of nitrogens with zero attached hydrogens (tertiary/aromatic N) is 5. The average molecular weight is 416 g/mol. The lowest BCUT2D eigenvalue weighted by molar-refractivity contribution is 0.310. The van der Waals surface area contributed by atoms with Gasteiger partial charge < -0.3 is 21.1 Å². The van der Waals surface area contributed by atoms with Gasteiger partial charge in [0.05, 0.1) is 17.4 Å². The Morgan fingerprint density at radius 3 is 2.87 bits per heavy atom. The Bertz CT molecular complexity index is 1280. The second kappa shape index (κ2) is 7.42. The summed E-state index contributed by atoms with van der Waals surface area (Å²) in [6, 6.07) is 4.23. The van der Waals surface area contributed by atoms with Gasteiger partial charge >= 0.3 is 0 Å². The maximum absolute atomic E-state index is 6.35. The molecule has 9 nitrogen and oxygen atoms in total. The van der Waals surface area contributed by atoms with E-state index in [0.717, 1.165) is 45.5 Å². The van der Waals surface area contributed by atoms with E-state index in [4.69, 9.17) is 10.5 Å². The number of pyridine rings is 1. The van der Waals surface area contributed by atoms with Crippen LogP contribution < -0.4 is 21.1 Å². The fraction of sp³-hybridized carbons (Fsp3) is 0.273. The van der Waals surface area contributed by atoms with Gasteiger partial charge in [0.25, 0.3) is 0 Å². The van der Waals surface area contributed by atoms with Gasteiger partial charge in [0.15, 0.2) is 0 Å². The van der Waals surface area contributed by atoms with Crippen LogP contribution in [0.2, 0.25) is 0 Å². The van der Waals surface area contributed by atoms with Gasteiger partial charge in [-0.3, -0.25) is 4.68 Å². The third-order valence-electron chi connectivity index (χ3n) is 5.38. The molecule has 158 valence electrons. The van der Waals surface area contributed by atoms with Crippen LogP contribution in [0, 0.1) is 6.92 Å². The van der Waals surface area contributed by atoms with Crippen molar-refractivity contribution >= 4 is 33.9 Å². The van der Waals surface area contributed by atoms with Crippen LogP contribution in [0.1, 0.15) is 25.5 Å². The van der Waals surface area contributed by atoms with E-state index in [-0.39, 0.29) is 6.04 Å². The molecule has 1 aromatic carbocycles. The highest BCUT2D eigenvalue weighted by molar-refractivity contribution is 5.95. The van der Waals surface area contributed by atoms with Gasteiger partial charge in [-0.05, 0) is 44.0 Å². The predicted octanol–water partition coefficient (Wildman–Crippen LogP) is 3.91. The third-order valence-corrected chi connectivity index (χ3v) is 5.38. The summed E-state index contributed by atoms with van der Waals surface area (Å²) in [6.45, 7) is 7.58. The zero-order valence-electron chi connectivity index (χ0n) is 17.7. The number of hydrogen-bond acceptors (Lipinski definition) is 8. The van der Waals surface area contributed by atoms with Crippen LogP contribution in [0.25, 0.3) is 22.0 Å². The van der Waals surface area contributed by atoms with Gasteiger partial charge in [0.2, 0.25) is 11.8 Å². The lowest BCUT2D eigenvalue weighted by atomic mass is 9.99. The summed E-state index contributed by atoms with van der Waals surface area (Å²) in [5.74, 6) is 1.12. The topological polar surface area (TPSA) is 116 Å². The van der Waals surface area contributed by atoms with E-state index < -0.39 is 0 Å². The maximum Gasteiger partial charge on any atom is 0.237 e. The van der Waals surface area contributed by atoms with Crippen LogP contribution in [-0.2, 0) is 0 Å². The summed E-state index contributed by atoms with van der Waals surface area (Å²) < 4.78 is 7.52. The highest BCUT2D eigenvalue weighted by atomic mass is 16.5. The monoisotopic (exact) mass is 416 g/mol. The number of rotatable bonds is 4. The number of nitrogens with one attached hydrogen (secondary N) is 2. The molecule has 4 N–H and O–H groups in total.